The number of hydrogen-bond donors (Lipinski definition) is 2. The molecule has 2 aliphatic heterocycles. The first-order valence-electron chi connectivity index (χ1n) is 13.5. The predicted molar refractivity (Wildman–Crippen MR) is 154 cm³/mol. The fraction of sp³-hybridized carbons (Fsp3) is 0.406. The van der Waals surface area contributed by atoms with Crippen molar-refractivity contribution in [2.75, 3.05) is 24.7 Å². The Labute approximate surface area is 234 Å². The van der Waals surface area contributed by atoms with Gasteiger partial charge in [-0.05, 0) is 90.3 Å². The van der Waals surface area contributed by atoms with E-state index in [2.05, 4.69) is 38.1 Å². The Balaban J connectivity index is 1.26. The average molecular weight is 549 g/mol. The van der Waals surface area contributed by atoms with Crippen LogP contribution in [0.3, 0.4) is 0 Å². The highest BCUT2D eigenvalue weighted by atomic mass is 32.2. The van der Waals surface area contributed by atoms with E-state index < -0.39 is 17.5 Å². The molecule has 0 aliphatic carbocycles. The van der Waals surface area contributed by atoms with E-state index in [1.54, 1.807) is 6.92 Å². The van der Waals surface area contributed by atoms with E-state index in [0.29, 0.717) is 31.3 Å². The topological polar surface area (TPSA) is 85.2 Å². The van der Waals surface area contributed by atoms with Gasteiger partial charge in [-0.3, -0.25) is 4.79 Å². The highest BCUT2D eigenvalue weighted by Gasteiger charge is 2.33. The molecule has 5 rings (SSSR count). The summed E-state index contributed by atoms with van der Waals surface area (Å²) in [5.74, 6) is 2.66. The molecule has 39 heavy (non-hydrogen) atoms. The average Bonchev–Trinajstić information content (AvgIpc) is 3.34. The summed E-state index contributed by atoms with van der Waals surface area (Å²) in [4.78, 5) is 11.4. The largest absolute Gasteiger partial charge is 0.492 e. The van der Waals surface area contributed by atoms with Crippen LogP contribution in [0.4, 0.5) is 0 Å². The molecule has 0 spiro atoms. The Kier molecular flexibility index (Phi) is 8.10. The second-order valence-corrected chi connectivity index (χ2v) is 12.0. The second kappa shape index (κ2) is 11.5. The predicted octanol–water partition coefficient (Wildman–Crippen LogP) is 6.38. The summed E-state index contributed by atoms with van der Waals surface area (Å²) in [5.41, 5.74) is 5.76. The third kappa shape index (κ3) is 6.20. The monoisotopic (exact) mass is 548 g/mol. The Hall–Kier alpha value is -3.16. The summed E-state index contributed by atoms with van der Waals surface area (Å²) in [6.45, 7) is 6.99. The van der Waals surface area contributed by atoms with Crippen LogP contribution in [0.15, 0.2) is 54.6 Å². The van der Waals surface area contributed by atoms with Crippen molar-refractivity contribution in [3.05, 3.63) is 76.9 Å². The number of ether oxygens (including phenoxy) is 3. The number of carbonyl (C=O) groups is 1. The number of carboxylic acids is 1. The molecule has 1 fully saturated rings. The van der Waals surface area contributed by atoms with E-state index in [1.807, 2.05) is 42.1 Å². The summed E-state index contributed by atoms with van der Waals surface area (Å²) >= 11 is 1.88. The van der Waals surface area contributed by atoms with Gasteiger partial charge in [-0.1, -0.05) is 31.2 Å². The molecular weight excluding hydrogens is 512 g/mol. The number of thioether (sulfide) groups is 1. The first-order valence-corrected chi connectivity index (χ1v) is 14.6. The molecule has 0 aromatic heterocycles. The summed E-state index contributed by atoms with van der Waals surface area (Å²) in [6, 6.07) is 18.1. The van der Waals surface area contributed by atoms with Crippen molar-refractivity contribution in [3.63, 3.8) is 0 Å². The smallest absolute Gasteiger partial charge is 0.306 e. The van der Waals surface area contributed by atoms with Crippen LogP contribution in [0.1, 0.15) is 47.9 Å². The molecule has 2 atom stereocenters. The number of fused-ring (bicyclic) bond motifs is 1. The number of benzene rings is 3. The van der Waals surface area contributed by atoms with Gasteiger partial charge in [0, 0.05) is 17.5 Å². The molecule has 2 heterocycles. The Morgan fingerprint density at radius 3 is 2.51 bits per heavy atom. The van der Waals surface area contributed by atoms with Crippen molar-refractivity contribution >= 4 is 17.7 Å². The van der Waals surface area contributed by atoms with Gasteiger partial charge in [0.25, 0.3) is 0 Å². The Morgan fingerprint density at radius 1 is 1.05 bits per heavy atom. The molecule has 0 amide bonds. The zero-order valence-electron chi connectivity index (χ0n) is 22.7. The van der Waals surface area contributed by atoms with Crippen LogP contribution < -0.4 is 14.2 Å². The van der Waals surface area contributed by atoms with E-state index in [9.17, 15) is 15.0 Å². The van der Waals surface area contributed by atoms with E-state index in [4.69, 9.17) is 14.2 Å². The molecule has 1 saturated heterocycles. The highest BCUT2D eigenvalue weighted by Crippen LogP contribution is 2.40. The summed E-state index contributed by atoms with van der Waals surface area (Å²) in [5, 5.41) is 20.2. The van der Waals surface area contributed by atoms with Gasteiger partial charge in [-0.2, -0.15) is 11.8 Å². The van der Waals surface area contributed by atoms with Crippen LogP contribution >= 0.6 is 11.8 Å². The minimum Gasteiger partial charge on any atom is -0.492 e. The first-order chi connectivity index (χ1) is 18.7. The van der Waals surface area contributed by atoms with E-state index in [1.165, 1.54) is 5.56 Å². The fourth-order valence-electron chi connectivity index (χ4n) is 5.45. The van der Waals surface area contributed by atoms with Crippen LogP contribution in [-0.4, -0.2) is 46.5 Å². The summed E-state index contributed by atoms with van der Waals surface area (Å²) in [6.07, 6.45) is 1.54. The van der Waals surface area contributed by atoms with Gasteiger partial charge < -0.3 is 24.4 Å². The van der Waals surface area contributed by atoms with Crippen LogP contribution in [0, 0.1) is 19.8 Å². The maximum atomic E-state index is 11.4. The number of hydrogen-bond acceptors (Lipinski definition) is 6. The lowest BCUT2D eigenvalue weighted by Gasteiger charge is -2.31. The molecule has 3 aromatic carbocycles. The van der Waals surface area contributed by atoms with Crippen molar-refractivity contribution in [3.8, 4) is 28.4 Å². The molecule has 0 bridgehead atoms. The number of rotatable bonds is 9. The van der Waals surface area contributed by atoms with Crippen LogP contribution in [0.2, 0.25) is 0 Å². The molecule has 2 aliphatic rings. The number of aliphatic carboxylic acids is 1. The van der Waals surface area contributed by atoms with Gasteiger partial charge in [0.2, 0.25) is 0 Å². The summed E-state index contributed by atoms with van der Waals surface area (Å²) in [7, 11) is 0. The van der Waals surface area contributed by atoms with Crippen LogP contribution in [0.5, 0.6) is 17.2 Å². The Bertz CT molecular complexity index is 1320. The van der Waals surface area contributed by atoms with Gasteiger partial charge in [-0.25, -0.2) is 0 Å². The van der Waals surface area contributed by atoms with Gasteiger partial charge in [0.05, 0.1) is 12.5 Å². The van der Waals surface area contributed by atoms with Crippen LogP contribution in [0.25, 0.3) is 11.1 Å². The molecule has 7 heteroatoms. The number of carboxylic acid groups (broad SMARTS) is 1. The van der Waals surface area contributed by atoms with E-state index in [0.717, 1.165) is 57.9 Å². The number of aliphatic hydroxyl groups is 1. The van der Waals surface area contributed by atoms with E-state index >= 15 is 0 Å². The zero-order valence-corrected chi connectivity index (χ0v) is 23.6. The minimum absolute atomic E-state index is 0.150. The lowest BCUT2D eigenvalue weighted by Crippen LogP contribution is -2.39. The van der Waals surface area contributed by atoms with Crippen molar-refractivity contribution in [1.29, 1.82) is 0 Å². The van der Waals surface area contributed by atoms with Crippen molar-refractivity contribution in [1.82, 2.24) is 0 Å². The minimum atomic E-state index is -0.818. The van der Waals surface area contributed by atoms with Crippen molar-refractivity contribution in [2.24, 2.45) is 5.92 Å². The SMILES string of the molecule is Cc1cc(OCC2(O)CCSCC2)cc(C)c1-c1cccc(COc2ccc3c(c2)OCC3C(C)C(=O)O)c1. The summed E-state index contributed by atoms with van der Waals surface area (Å²) < 4.78 is 17.9. The fourth-order valence-corrected chi connectivity index (χ4v) is 6.70. The van der Waals surface area contributed by atoms with Gasteiger partial charge in [0.1, 0.15) is 36.1 Å². The Morgan fingerprint density at radius 2 is 1.79 bits per heavy atom. The van der Waals surface area contributed by atoms with Crippen molar-refractivity contribution in [2.45, 2.75) is 51.7 Å². The molecule has 3 aromatic rings. The van der Waals surface area contributed by atoms with Crippen molar-refractivity contribution < 1.29 is 29.2 Å². The van der Waals surface area contributed by atoms with Gasteiger partial charge in [-0.15, -0.1) is 0 Å². The molecule has 0 saturated carbocycles. The molecule has 0 radical (unpaired) electrons. The lowest BCUT2D eigenvalue weighted by atomic mass is 9.89. The lowest BCUT2D eigenvalue weighted by molar-refractivity contribution is -0.142. The maximum absolute atomic E-state index is 11.4. The number of aryl methyl sites for hydroxylation is 2. The third-order valence-electron chi connectivity index (χ3n) is 7.85. The third-order valence-corrected chi connectivity index (χ3v) is 8.84. The van der Waals surface area contributed by atoms with E-state index in [-0.39, 0.29) is 5.92 Å². The zero-order chi connectivity index (χ0) is 27.6. The molecule has 2 N–H and O–H groups in total. The normalized spacial score (nSPS) is 18.6. The molecule has 206 valence electrons. The molecular formula is C32H36O6S. The molecule has 6 nitrogen and oxygen atoms in total. The first kappa shape index (κ1) is 27.4. The quantitative estimate of drug-likeness (QED) is 0.321. The highest BCUT2D eigenvalue weighted by molar-refractivity contribution is 7.99. The van der Waals surface area contributed by atoms with Gasteiger partial charge >= 0.3 is 5.97 Å². The van der Waals surface area contributed by atoms with Gasteiger partial charge in [0.15, 0.2) is 0 Å². The standard InChI is InChI=1S/C32H36O6S/c1-20-13-26(38-19-32(35)9-11-39-12-10-32)14-21(2)30(20)24-6-4-5-23(15-24)17-36-25-7-8-27-28(22(3)31(33)34)18-37-29(27)16-25/h4-8,13-16,22,28,35H,9-12,17-19H2,1-3H3,(H,33,34). The molecule has 2 unspecified atom stereocenters. The van der Waals surface area contributed by atoms with Crippen LogP contribution in [-0.2, 0) is 11.4 Å². The maximum Gasteiger partial charge on any atom is 0.306 e. The second-order valence-electron chi connectivity index (χ2n) is 10.8.